The summed E-state index contributed by atoms with van der Waals surface area (Å²) in [6.45, 7) is 6.04. The van der Waals surface area contributed by atoms with Gasteiger partial charge in [0.25, 0.3) is 0 Å². The van der Waals surface area contributed by atoms with Gasteiger partial charge in [0.2, 0.25) is 0 Å². The topological polar surface area (TPSA) is 74.7 Å². The number of carbonyl (C=O) groups is 1. The van der Waals surface area contributed by atoms with Crippen LogP contribution in [0.5, 0.6) is 0 Å². The van der Waals surface area contributed by atoms with Crippen molar-refractivity contribution in [1.29, 1.82) is 0 Å². The third kappa shape index (κ3) is 5.04. The van der Waals surface area contributed by atoms with E-state index in [-0.39, 0.29) is 6.03 Å². The molecule has 0 aliphatic carbocycles. The fourth-order valence-electron chi connectivity index (χ4n) is 3.83. The van der Waals surface area contributed by atoms with Gasteiger partial charge < -0.3 is 20.4 Å². The minimum atomic E-state index is -0.323. The van der Waals surface area contributed by atoms with Crippen LogP contribution >= 0.6 is 11.6 Å². The maximum Gasteiger partial charge on any atom is 0.323 e. The van der Waals surface area contributed by atoms with E-state index in [1.165, 1.54) is 0 Å². The Bertz CT molecular complexity index is 1060. The fourth-order valence-corrected chi connectivity index (χ4v) is 3.95. The van der Waals surface area contributed by atoms with E-state index in [0.29, 0.717) is 29.6 Å². The molecule has 1 fully saturated rings. The SMILES string of the molecule is CCN(c1ccc(NC(=O)Nc2ccc(Cl)cc2)cc1-c1ccnn1C)N1CCOCC1. The van der Waals surface area contributed by atoms with E-state index in [1.807, 2.05) is 36.0 Å². The number of carbonyl (C=O) groups excluding carboxylic acids is 1. The summed E-state index contributed by atoms with van der Waals surface area (Å²) < 4.78 is 7.36. The average molecular weight is 455 g/mol. The standard InChI is InChI=1S/C23H27ClN6O2/c1-3-30(29-12-14-32-15-13-29)22-9-8-19(16-20(22)21-10-11-25-28(21)2)27-23(31)26-18-6-4-17(24)5-7-18/h4-11,16H,3,12-15H2,1-2H3,(H2,26,27,31). The van der Waals surface area contributed by atoms with Crippen molar-refractivity contribution in [2.45, 2.75) is 6.92 Å². The Hall–Kier alpha value is -3.07. The zero-order valence-corrected chi connectivity index (χ0v) is 19.0. The summed E-state index contributed by atoms with van der Waals surface area (Å²) in [6.07, 6.45) is 1.78. The predicted octanol–water partition coefficient (Wildman–Crippen LogP) is 4.46. The highest BCUT2D eigenvalue weighted by atomic mass is 35.5. The molecule has 2 N–H and O–H groups in total. The van der Waals surface area contributed by atoms with Crippen LogP contribution in [0.25, 0.3) is 11.3 Å². The normalized spacial score (nSPS) is 14.2. The van der Waals surface area contributed by atoms with Crippen LogP contribution in [0.2, 0.25) is 5.02 Å². The summed E-state index contributed by atoms with van der Waals surface area (Å²) >= 11 is 5.92. The number of nitrogens with zero attached hydrogens (tertiary/aromatic N) is 4. The van der Waals surface area contributed by atoms with E-state index >= 15 is 0 Å². The lowest BCUT2D eigenvalue weighted by Gasteiger charge is -2.39. The molecule has 2 heterocycles. The molecule has 1 aliphatic rings. The maximum absolute atomic E-state index is 12.5. The minimum Gasteiger partial charge on any atom is -0.379 e. The van der Waals surface area contributed by atoms with E-state index in [9.17, 15) is 4.79 Å². The van der Waals surface area contributed by atoms with Crippen molar-refractivity contribution in [1.82, 2.24) is 14.8 Å². The van der Waals surface area contributed by atoms with E-state index in [4.69, 9.17) is 16.3 Å². The number of morpholine rings is 1. The Labute approximate surface area is 192 Å². The van der Waals surface area contributed by atoms with Crippen LogP contribution in [0.4, 0.5) is 21.9 Å². The van der Waals surface area contributed by atoms with Crippen molar-refractivity contribution < 1.29 is 9.53 Å². The molecule has 2 amide bonds. The summed E-state index contributed by atoms with van der Waals surface area (Å²) in [5.41, 5.74) is 4.37. The Morgan fingerprint density at radius 1 is 1.09 bits per heavy atom. The van der Waals surface area contributed by atoms with Crippen LogP contribution in [0.1, 0.15) is 6.92 Å². The summed E-state index contributed by atoms with van der Waals surface area (Å²) in [4.78, 5) is 12.5. The number of hydrogen-bond acceptors (Lipinski definition) is 5. The summed E-state index contributed by atoms with van der Waals surface area (Å²) in [6, 6.07) is 14.6. The van der Waals surface area contributed by atoms with Crippen molar-refractivity contribution in [3.63, 3.8) is 0 Å². The molecule has 2 aromatic carbocycles. The first kappa shape index (κ1) is 22.1. The van der Waals surface area contributed by atoms with Crippen LogP contribution in [0, 0.1) is 0 Å². The molecule has 8 nitrogen and oxygen atoms in total. The fraction of sp³-hybridized carbons (Fsp3) is 0.304. The number of urea groups is 1. The minimum absolute atomic E-state index is 0.323. The molecule has 168 valence electrons. The van der Waals surface area contributed by atoms with Gasteiger partial charge in [-0.1, -0.05) is 11.6 Å². The first-order valence-corrected chi connectivity index (χ1v) is 11.0. The Morgan fingerprint density at radius 3 is 2.44 bits per heavy atom. The largest absolute Gasteiger partial charge is 0.379 e. The molecule has 9 heteroatoms. The molecule has 3 aromatic rings. The molecule has 32 heavy (non-hydrogen) atoms. The van der Waals surface area contributed by atoms with Crippen LogP contribution in [-0.4, -0.2) is 53.7 Å². The van der Waals surface area contributed by atoms with E-state index < -0.39 is 0 Å². The lowest BCUT2D eigenvalue weighted by molar-refractivity contribution is 0.0323. The number of amides is 2. The van der Waals surface area contributed by atoms with Gasteiger partial charge in [-0.05, 0) is 55.5 Å². The van der Waals surface area contributed by atoms with Crippen molar-refractivity contribution in [3.8, 4) is 11.3 Å². The van der Waals surface area contributed by atoms with Crippen LogP contribution in [0.3, 0.4) is 0 Å². The molecule has 0 atom stereocenters. The van der Waals surface area contributed by atoms with Crippen LogP contribution in [-0.2, 0) is 11.8 Å². The zero-order chi connectivity index (χ0) is 22.5. The number of rotatable bonds is 6. The average Bonchev–Trinajstić information content (AvgIpc) is 3.23. The number of halogens is 1. The molecule has 4 rings (SSSR count). The number of nitrogens with one attached hydrogen (secondary N) is 2. The van der Waals surface area contributed by atoms with Crippen LogP contribution in [0.15, 0.2) is 54.7 Å². The van der Waals surface area contributed by atoms with Gasteiger partial charge in [0.15, 0.2) is 0 Å². The Balaban J connectivity index is 1.61. The van der Waals surface area contributed by atoms with Gasteiger partial charge >= 0.3 is 6.03 Å². The first-order valence-electron chi connectivity index (χ1n) is 10.6. The number of aryl methyl sites for hydroxylation is 1. The second-order valence-electron chi connectivity index (χ2n) is 7.44. The lowest BCUT2D eigenvalue weighted by atomic mass is 10.1. The van der Waals surface area contributed by atoms with Gasteiger partial charge in [-0.15, -0.1) is 0 Å². The zero-order valence-electron chi connectivity index (χ0n) is 18.2. The first-order chi connectivity index (χ1) is 15.5. The van der Waals surface area contributed by atoms with E-state index in [0.717, 1.165) is 36.6 Å². The van der Waals surface area contributed by atoms with Crippen molar-refractivity contribution in [2.75, 3.05) is 48.5 Å². The maximum atomic E-state index is 12.5. The molecule has 1 aromatic heterocycles. The summed E-state index contributed by atoms with van der Waals surface area (Å²) in [7, 11) is 1.91. The predicted molar refractivity (Wildman–Crippen MR) is 128 cm³/mol. The number of hydrogen-bond donors (Lipinski definition) is 2. The van der Waals surface area contributed by atoms with Gasteiger partial charge in [0.05, 0.1) is 24.6 Å². The smallest absolute Gasteiger partial charge is 0.323 e. The quantitative estimate of drug-likeness (QED) is 0.575. The number of hydrazine groups is 1. The molecule has 0 bridgehead atoms. The molecular formula is C23H27ClN6O2. The number of aromatic nitrogens is 2. The molecule has 1 aliphatic heterocycles. The Morgan fingerprint density at radius 2 is 1.78 bits per heavy atom. The second-order valence-corrected chi connectivity index (χ2v) is 7.88. The molecule has 0 saturated carbocycles. The van der Waals surface area contributed by atoms with E-state index in [1.54, 1.807) is 30.5 Å². The second kappa shape index (κ2) is 10.0. The molecular weight excluding hydrogens is 428 g/mol. The highest BCUT2D eigenvalue weighted by Gasteiger charge is 2.22. The highest BCUT2D eigenvalue weighted by molar-refractivity contribution is 6.30. The molecule has 0 unspecified atom stereocenters. The number of ether oxygens (including phenoxy) is 1. The van der Waals surface area contributed by atoms with Crippen LogP contribution < -0.4 is 15.6 Å². The van der Waals surface area contributed by atoms with Crippen molar-refractivity contribution >= 4 is 34.7 Å². The highest BCUT2D eigenvalue weighted by Crippen LogP contribution is 2.34. The van der Waals surface area contributed by atoms with Gasteiger partial charge in [-0.25, -0.2) is 9.80 Å². The molecule has 1 saturated heterocycles. The molecule has 0 radical (unpaired) electrons. The number of anilines is 3. The third-order valence-electron chi connectivity index (χ3n) is 5.36. The van der Waals surface area contributed by atoms with Gasteiger partial charge in [0, 0.05) is 54.8 Å². The lowest BCUT2D eigenvalue weighted by Crippen LogP contribution is -2.49. The van der Waals surface area contributed by atoms with Gasteiger partial charge in [-0.2, -0.15) is 5.10 Å². The summed E-state index contributed by atoms with van der Waals surface area (Å²) in [5.74, 6) is 0. The summed E-state index contributed by atoms with van der Waals surface area (Å²) in [5, 5.41) is 15.3. The third-order valence-corrected chi connectivity index (χ3v) is 5.61. The monoisotopic (exact) mass is 454 g/mol. The van der Waals surface area contributed by atoms with Gasteiger partial charge in [-0.3, -0.25) is 4.68 Å². The number of benzene rings is 2. The molecule has 0 spiro atoms. The van der Waals surface area contributed by atoms with Gasteiger partial charge in [0.1, 0.15) is 0 Å². The van der Waals surface area contributed by atoms with E-state index in [2.05, 4.69) is 32.7 Å². The van der Waals surface area contributed by atoms with Crippen molar-refractivity contribution in [2.24, 2.45) is 7.05 Å². The van der Waals surface area contributed by atoms with Crippen molar-refractivity contribution in [3.05, 3.63) is 59.8 Å². The Kier molecular flexibility index (Phi) is 6.94.